The van der Waals surface area contributed by atoms with E-state index in [1.165, 1.54) is 24.3 Å². The van der Waals surface area contributed by atoms with Gasteiger partial charge in [0.15, 0.2) is 0 Å². The van der Waals surface area contributed by atoms with Crippen LogP contribution in [0.2, 0.25) is 0 Å². The smallest absolute Gasteiger partial charge is 0.387 e. The molecule has 22 heavy (non-hydrogen) atoms. The fraction of sp³-hybridized carbons (Fsp3) is 0.125. The van der Waals surface area contributed by atoms with E-state index in [0.29, 0.717) is 12.1 Å². The van der Waals surface area contributed by atoms with Crippen molar-refractivity contribution >= 4 is 11.6 Å². The maximum absolute atomic E-state index is 12.2. The predicted octanol–water partition coefficient (Wildman–Crippen LogP) is 3.61. The lowest BCUT2D eigenvalue weighted by atomic mass is 10.1. The molecule has 6 heteroatoms. The van der Waals surface area contributed by atoms with Crippen LogP contribution in [0.1, 0.15) is 15.9 Å². The molecule has 0 aliphatic rings. The van der Waals surface area contributed by atoms with E-state index in [2.05, 4.69) is 10.1 Å². The van der Waals surface area contributed by atoms with Crippen LogP contribution in [0.3, 0.4) is 0 Å². The van der Waals surface area contributed by atoms with Crippen molar-refractivity contribution in [1.29, 1.82) is 5.26 Å². The summed E-state index contributed by atoms with van der Waals surface area (Å²) in [6, 6.07) is 14.4. The van der Waals surface area contributed by atoms with E-state index in [0.717, 1.165) is 5.56 Å². The Bertz CT molecular complexity index is 694. The lowest BCUT2D eigenvalue weighted by Gasteiger charge is -2.08. The van der Waals surface area contributed by atoms with Crippen LogP contribution in [0.25, 0.3) is 0 Å². The molecule has 2 rings (SSSR count). The first kappa shape index (κ1) is 15.4. The standard InChI is InChI=1S/C16H12F2N2O2/c17-16(18)22-14-3-1-2-12(10-14)15(21)20-13-6-4-11(5-7-13)8-9-19/h1-7,10,16H,8H2,(H,20,21). The molecule has 2 aromatic carbocycles. The summed E-state index contributed by atoms with van der Waals surface area (Å²) in [4.78, 5) is 12.1. The van der Waals surface area contributed by atoms with Gasteiger partial charge in [0.25, 0.3) is 5.91 Å². The van der Waals surface area contributed by atoms with E-state index in [1.807, 2.05) is 6.07 Å². The van der Waals surface area contributed by atoms with E-state index < -0.39 is 12.5 Å². The van der Waals surface area contributed by atoms with Crippen LogP contribution >= 0.6 is 0 Å². The number of hydrogen-bond acceptors (Lipinski definition) is 3. The molecule has 0 radical (unpaired) electrons. The van der Waals surface area contributed by atoms with Crippen molar-refractivity contribution in [3.8, 4) is 11.8 Å². The zero-order valence-corrected chi connectivity index (χ0v) is 11.4. The summed E-state index contributed by atoms with van der Waals surface area (Å²) in [5, 5.41) is 11.2. The molecule has 0 bridgehead atoms. The van der Waals surface area contributed by atoms with Gasteiger partial charge in [0.2, 0.25) is 0 Å². The number of carbonyl (C=O) groups is 1. The lowest BCUT2D eigenvalue weighted by molar-refractivity contribution is -0.0498. The molecule has 0 heterocycles. The largest absolute Gasteiger partial charge is 0.435 e. The minimum Gasteiger partial charge on any atom is -0.435 e. The van der Waals surface area contributed by atoms with Crippen molar-refractivity contribution in [3.63, 3.8) is 0 Å². The van der Waals surface area contributed by atoms with Crippen LogP contribution < -0.4 is 10.1 Å². The summed E-state index contributed by atoms with van der Waals surface area (Å²) in [5.74, 6) is -0.514. The monoisotopic (exact) mass is 302 g/mol. The Hall–Kier alpha value is -2.94. The summed E-state index contributed by atoms with van der Waals surface area (Å²) in [7, 11) is 0. The third-order valence-electron chi connectivity index (χ3n) is 2.82. The third kappa shape index (κ3) is 4.28. The molecule has 0 atom stereocenters. The molecule has 0 aliphatic heterocycles. The first-order valence-electron chi connectivity index (χ1n) is 6.40. The third-order valence-corrected chi connectivity index (χ3v) is 2.82. The van der Waals surface area contributed by atoms with Crippen LogP contribution in [0.5, 0.6) is 5.75 Å². The first-order valence-corrected chi connectivity index (χ1v) is 6.40. The maximum atomic E-state index is 12.2. The van der Waals surface area contributed by atoms with Crippen molar-refractivity contribution in [2.75, 3.05) is 5.32 Å². The van der Waals surface area contributed by atoms with Gasteiger partial charge in [-0.3, -0.25) is 4.79 Å². The number of halogens is 2. The number of rotatable bonds is 5. The maximum Gasteiger partial charge on any atom is 0.387 e. The number of ether oxygens (including phenoxy) is 1. The van der Waals surface area contributed by atoms with Crippen molar-refractivity contribution < 1.29 is 18.3 Å². The van der Waals surface area contributed by atoms with Crippen molar-refractivity contribution in [2.45, 2.75) is 13.0 Å². The van der Waals surface area contributed by atoms with Crippen molar-refractivity contribution in [3.05, 3.63) is 59.7 Å². The highest BCUT2D eigenvalue weighted by Crippen LogP contribution is 2.17. The normalized spacial score (nSPS) is 10.1. The molecule has 0 aliphatic carbocycles. The number of amides is 1. The van der Waals surface area contributed by atoms with Crippen LogP contribution in [0, 0.1) is 11.3 Å². The van der Waals surface area contributed by atoms with Gasteiger partial charge in [-0.05, 0) is 35.9 Å². The predicted molar refractivity (Wildman–Crippen MR) is 76.8 cm³/mol. The first-order chi connectivity index (χ1) is 10.6. The van der Waals surface area contributed by atoms with Gasteiger partial charge in [-0.15, -0.1) is 0 Å². The number of carbonyl (C=O) groups excluding carboxylic acids is 1. The van der Waals surface area contributed by atoms with Crippen LogP contribution in [0.15, 0.2) is 48.5 Å². The van der Waals surface area contributed by atoms with E-state index in [9.17, 15) is 13.6 Å². The van der Waals surface area contributed by atoms with Crippen molar-refractivity contribution in [1.82, 2.24) is 0 Å². The number of benzene rings is 2. The van der Waals surface area contributed by atoms with E-state index >= 15 is 0 Å². The summed E-state index contributed by atoms with van der Waals surface area (Å²) in [6.07, 6.45) is 0.293. The Labute approximate surface area is 125 Å². The van der Waals surface area contributed by atoms with Crippen molar-refractivity contribution in [2.24, 2.45) is 0 Å². The van der Waals surface area contributed by atoms with Gasteiger partial charge in [-0.1, -0.05) is 18.2 Å². The molecule has 0 saturated heterocycles. The van der Waals surface area contributed by atoms with Crippen LogP contribution in [-0.2, 0) is 6.42 Å². The SMILES string of the molecule is N#CCc1ccc(NC(=O)c2cccc(OC(F)F)c2)cc1. The molecule has 1 N–H and O–H groups in total. The minimum absolute atomic E-state index is 0.0768. The Morgan fingerprint density at radius 3 is 2.59 bits per heavy atom. The average Bonchev–Trinajstić information content (AvgIpc) is 2.49. The minimum atomic E-state index is -2.94. The number of nitrogens with one attached hydrogen (secondary N) is 1. The number of anilines is 1. The summed E-state index contributed by atoms with van der Waals surface area (Å²) in [5.41, 5.74) is 1.60. The highest BCUT2D eigenvalue weighted by atomic mass is 19.3. The van der Waals surface area contributed by atoms with Gasteiger partial charge in [0.05, 0.1) is 12.5 Å². The fourth-order valence-corrected chi connectivity index (χ4v) is 1.81. The number of hydrogen-bond donors (Lipinski definition) is 1. The molecule has 0 unspecified atom stereocenters. The Morgan fingerprint density at radius 2 is 1.95 bits per heavy atom. The second kappa shape index (κ2) is 7.18. The molecular weight excluding hydrogens is 290 g/mol. The molecule has 0 fully saturated rings. The Balaban J connectivity index is 2.07. The van der Waals surface area contributed by atoms with Crippen LogP contribution in [-0.4, -0.2) is 12.5 Å². The Kier molecular flexibility index (Phi) is 5.04. The number of nitrogens with zero attached hydrogens (tertiary/aromatic N) is 1. The molecule has 112 valence electrons. The fourth-order valence-electron chi connectivity index (χ4n) is 1.81. The second-order valence-corrected chi connectivity index (χ2v) is 4.39. The molecule has 0 saturated carbocycles. The highest BCUT2D eigenvalue weighted by molar-refractivity contribution is 6.04. The van der Waals surface area contributed by atoms with Gasteiger partial charge >= 0.3 is 6.61 Å². The zero-order chi connectivity index (χ0) is 15.9. The molecular formula is C16H12F2N2O2. The topological polar surface area (TPSA) is 62.1 Å². The van der Waals surface area contributed by atoms with Gasteiger partial charge in [0, 0.05) is 11.3 Å². The summed E-state index contributed by atoms with van der Waals surface area (Å²) in [6.45, 7) is -2.94. The van der Waals surface area contributed by atoms with Gasteiger partial charge in [0.1, 0.15) is 5.75 Å². The number of alkyl halides is 2. The average molecular weight is 302 g/mol. The van der Waals surface area contributed by atoms with E-state index in [1.54, 1.807) is 24.3 Å². The Morgan fingerprint density at radius 1 is 1.23 bits per heavy atom. The summed E-state index contributed by atoms with van der Waals surface area (Å²) < 4.78 is 28.6. The molecule has 2 aromatic rings. The quantitative estimate of drug-likeness (QED) is 0.917. The molecule has 0 aromatic heterocycles. The zero-order valence-electron chi connectivity index (χ0n) is 11.4. The molecule has 0 spiro atoms. The molecule has 4 nitrogen and oxygen atoms in total. The highest BCUT2D eigenvalue weighted by Gasteiger charge is 2.09. The van der Waals surface area contributed by atoms with Gasteiger partial charge in [-0.2, -0.15) is 14.0 Å². The van der Waals surface area contributed by atoms with E-state index in [-0.39, 0.29) is 11.3 Å². The van der Waals surface area contributed by atoms with Gasteiger partial charge < -0.3 is 10.1 Å². The van der Waals surface area contributed by atoms with Crippen LogP contribution in [0.4, 0.5) is 14.5 Å². The van der Waals surface area contributed by atoms with E-state index in [4.69, 9.17) is 5.26 Å². The molecule has 1 amide bonds. The second-order valence-electron chi connectivity index (χ2n) is 4.39. The summed E-state index contributed by atoms with van der Waals surface area (Å²) >= 11 is 0. The lowest BCUT2D eigenvalue weighted by Crippen LogP contribution is -2.12. The number of nitriles is 1. The van der Waals surface area contributed by atoms with Gasteiger partial charge in [-0.25, -0.2) is 0 Å².